The van der Waals surface area contributed by atoms with E-state index < -0.39 is 5.97 Å². The first-order valence-electron chi connectivity index (χ1n) is 5.69. The summed E-state index contributed by atoms with van der Waals surface area (Å²) in [5.74, 6) is 0.256. The molecule has 0 spiro atoms. The van der Waals surface area contributed by atoms with Gasteiger partial charge in [0.15, 0.2) is 11.5 Å². The molecular formula is C13H17ClO4. The minimum Gasteiger partial charge on any atom is -0.493 e. The molecule has 5 heteroatoms. The molecule has 0 aliphatic carbocycles. The molecule has 0 aromatic heterocycles. The number of ether oxygens (including phenoxy) is 2. The Balaban J connectivity index is 3.25. The van der Waals surface area contributed by atoms with Crippen LogP contribution >= 0.6 is 11.6 Å². The fourth-order valence-corrected chi connectivity index (χ4v) is 2.25. The first-order chi connectivity index (χ1) is 8.54. The summed E-state index contributed by atoms with van der Waals surface area (Å²) in [6, 6.07) is 1.75. The topological polar surface area (TPSA) is 55.8 Å². The Bertz CT molecular complexity index is 443. The number of rotatable bonds is 6. The number of hydrogen-bond acceptors (Lipinski definition) is 3. The third-order valence-corrected chi connectivity index (χ3v) is 3.04. The lowest BCUT2D eigenvalue weighted by atomic mass is 9.99. The molecule has 0 aliphatic heterocycles. The van der Waals surface area contributed by atoms with Crippen molar-refractivity contribution in [2.45, 2.75) is 26.2 Å². The summed E-state index contributed by atoms with van der Waals surface area (Å²) in [5.41, 5.74) is 1.84. The van der Waals surface area contributed by atoms with Crippen LogP contribution in [-0.2, 0) is 17.6 Å². The van der Waals surface area contributed by atoms with E-state index in [-0.39, 0.29) is 6.42 Å². The number of aliphatic carboxylic acids is 1. The zero-order valence-electron chi connectivity index (χ0n) is 10.7. The SMILES string of the molecule is CCc1c(CCC(=O)O)cc(Cl)c(OC)c1OC. The predicted molar refractivity (Wildman–Crippen MR) is 69.9 cm³/mol. The average molecular weight is 273 g/mol. The second-order valence-corrected chi connectivity index (χ2v) is 4.22. The standard InChI is InChI=1S/C13H17ClO4/c1-4-9-8(5-6-11(15)16)7-10(14)13(18-3)12(9)17-2/h7H,4-6H2,1-3H3,(H,15,16). The van der Waals surface area contributed by atoms with Gasteiger partial charge in [-0.3, -0.25) is 4.79 Å². The third-order valence-electron chi connectivity index (χ3n) is 2.76. The van der Waals surface area contributed by atoms with Gasteiger partial charge in [0.1, 0.15) is 0 Å². The number of halogens is 1. The largest absolute Gasteiger partial charge is 0.493 e. The van der Waals surface area contributed by atoms with Crippen molar-refractivity contribution >= 4 is 17.6 Å². The lowest BCUT2D eigenvalue weighted by Crippen LogP contribution is -2.04. The molecule has 0 bridgehead atoms. The number of carboxylic acid groups (broad SMARTS) is 1. The molecule has 0 fully saturated rings. The molecule has 0 radical (unpaired) electrons. The molecule has 4 nitrogen and oxygen atoms in total. The number of aryl methyl sites for hydroxylation is 1. The van der Waals surface area contributed by atoms with Crippen LogP contribution in [0.4, 0.5) is 0 Å². The van der Waals surface area contributed by atoms with Gasteiger partial charge in [0.25, 0.3) is 0 Å². The van der Waals surface area contributed by atoms with Crippen LogP contribution in [0.25, 0.3) is 0 Å². The molecule has 0 unspecified atom stereocenters. The van der Waals surface area contributed by atoms with E-state index in [2.05, 4.69) is 0 Å². The Labute approximate surface area is 111 Å². The van der Waals surface area contributed by atoms with Crippen molar-refractivity contribution in [1.82, 2.24) is 0 Å². The summed E-state index contributed by atoms with van der Waals surface area (Å²) in [7, 11) is 3.08. The van der Waals surface area contributed by atoms with E-state index in [4.69, 9.17) is 26.2 Å². The van der Waals surface area contributed by atoms with Gasteiger partial charge in [-0.2, -0.15) is 0 Å². The summed E-state index contributed by atoms with van der Waals surface area (Å²) in [6.45, 7) is 1.98. The Morgan fingerprint density at radius 2 is 1.94 bits per heavy atom. The Hall–Kier alpha value is -1.42. The van der Waals surface area contributed by atoms with Crippen LogP contribution in [0.15, 0.2) is 6.07 Å². The zero-order valence-corrected chi connectivity index (χ0v) is 11.5. The number of benzene rings is 1. The summed E-state index contributed by atoms with van der Waals surface area (Å²) in [5, 5.41) is 9.18. The molecule has 0 saturated carbocycles. The van der Waals surface area contributed by atoms with E-state index in [0.717, 1.165) is 17.5 Å². The molecule has 1 aromatic rings. The Morgan fingerprint density at radius 3 is 2.39 bits per heavy atom. The van der Waals surface area contributed by atoms with Gasteiger partial charge >= 0.3 is 5.97 Å². The molecule has 0 atom stereocenters. The molecule has 1 rings (SSSR count). The second-order valence-electron chi connectivity index (χ2n) is 3.81. The quantitative estimate of drug-likeness (QED) is 0.865. The molecule has 100 valence electrons. The van der Waals surface area contributed by atoms with Crippen LogP contribution in [0.5, 0.6) is 11.5 Å². The van der Waals surface area contributed by atoms with E-state index in [1.807, 2.05) is 6.92 Å². The van der Waals surface area contributed by atoms with Crippen molar-refractivity contribution in [3.63, 3.8) is 0 Å². The molecule has 0 aliphatic rings. The summed E-state index contributed by atoms with van der Waals surface area (Å²) in [4.78, 5) is 10.6. The average Bonchev–Trinajstić information content (AvgIpc) is 2.34. The van der Waals surface area contributed by atoms with E-state index in [1.54, 1.807) is 13.2 Å². The smallest absolute Gasteiger partial charge is 0.303 e. The Morgan fingerprint density at radius 1 is 1.33 bits per heavy atom. The lowest BCUT2D eigenvalue weighted by Gasteiger charge is -2.17. The highest BCUT2D eigenvalue weighted by atomic mass is 35.5. The van der Waals surface area contributed by atoms with E-state index in [0.29, 0.717) is 22.9 Å². The maximum Gasteiger partial charge on any atom is 0.303 e. The first-order valence-corrected chi connectivity index (χ1v) is 6.06. The maximum atomic E-state index is 10.6. The number of hydrogen-bond donors (Lipinski definition) is 1. The van der Waals surface area contributed by atoms with Gasteiger partial charge in [-0.25, -0.2) is 0 Å². The highest BCUT2D eigenvalue weighted by Gasteiger charge is 2.18. The van der Waals surface area contributed by atoms with Crippen molar-refractivity contribution < 1.29 is 19.4 Å². The van der Waals surface area contributed by atoms with Gasteiger partial charge in [0.05, 0.1) is 19.2 Å². The van der Waals surface area contributed by atoms with Crippen molar-refractivity contribution in [3.05, 3.63) is 22.2 Å². The normalized spacial score (nSPS) is 10.2. The van der Waals surface area contributed by atoms with Crippen LogP contribution in [0.2, 0.25) is 5.02 Å². The molecule has 0 heterocycles. The molecule has 1 N–H and O–H groups in total. The number of carbonyl (C=O) groups is 1. The fraction of sp³-hybridized carbons (Fsp3) is 0.462. The van der Waals surface area contributed by atoms with E-state index in [1.165, 1.54) is 7.11 Å². The van der Waals surface area contributed by atoms with Crippen molar-refractivity contribution in [3.8, 4) is 11.5 Å². The van der Waals surface area contributed by atoms with Gasteiger partial charge in [-0.15, -0.1) is 0 Å². The van der Waals surface area contributed by atoms with Gasteiger partial charge in [-0.05, 0) is 24.5 Å². The molecule has 18 heavy (non-hydrogen) atoms. The van der Waals surface area contributed by atoms with Crippen LogP contribution in [-0.4, -0.2) is 25.3 Å². The molecule has 0 saturated heterocycles. The molecule has 1 aromatic carbocycles. The highest BCUT2D eigenvalue weighted by Crippen LogP contribution is 2.40. The maximum absolute atomic E-state index is 10.6. The van der Waals surface area contributed by atoms with Gasteiger partial charge < -0.3 is 14.6 Å². The third kappa shape index (κ3) is 3.07. The first kappa shape index (κ1) is 14.6. The predicted octanol–water partition coefficient (Wildman–Crippen LogP) is 2.94. The van der Waals surface area contributed by atoms with Crippen LogP contribution < -0.4 is 9.47 Å². The number of methoxy groups -OCH3 is 2. The van der Waals surface area contributed by atoms with Crippen LogP contribution in [0.3, 0.4) is 0 Å². The fourth-order valence-electron chi connectivity index (χ4n) is 1.96. The lowest BCUT2D eigenvalue weighted by molar-refractivity contribution is -0.136. The summed E-state index contributed by atoms with van der Waals surface area (Å²) < 4.78 is 10.5. The summed E-state index contributed by atoms with van der Waals surface area (Å²) in [6.07, 6.45) is 1.23. The van der Waals surface area contributed by atoms with Crippen LogP contribution in [0, 0.1) is 0 Å². The Kier molecular flexibility index (Phi) is 5.28. The van der Waals surface area contributed by atoms with Crippen molar-refractivity contribution in [1.29, 1.82) is 0 Å². The monoisotopic (exact) mass is 272 g/mol. The highest BCUT2D eigenvalue weighted by molar-refractivity contribution is 6.32. The second kappa shape index (κ2) is 6.50. The van der Waals surface area contributed by atoms with Crippen molar-refractivity contribution in [2.75, 3.05) is 14.2 Å². The summed E-state index contributed by atoms with van der Waals surface area (Å²) >= 11 is 6.11. The van der Waals surface area contributed by atoms with Gasteiger partial charge in [0, 0.05) is 12.0 Å². The van der Waals surface area contributed by atoms with Crippen LogP contribution in [0.1, 0.15) is 24.5 Å². The van der Waals surface area contributed by atoms with Crippen molar-refractivity contribution in [2.24, 2.45) is 0 Å². The minimum absolute atomic E-state index is 0.0683. The van der Waals surface area contributed by atoms with Gasteiger partial charge in [0.2, 0.25) is 0 Å². The molecular weight excluding hydrogens is 256 g/mol. The minimum atomic E-state index is -0.831. The number of carboxylic acids is 1. The van der Waals surface area contributed by atoms with Gasteiger partial charge in [-0.1, -0.05) is 18.5 Å². The zero-order chi connectivity index (χ0) is 13.7. The molecule has 0 amide bonds. The van der Waals surface area contributed by atoms with E-state index in [9.17, 15) is 4.79 Å². The van der Waals surface area contributed by atoms with E-state index >= 15 is 0 Å².